The third kappa shape index (κ3) is 4.90. The molecule has 1 heterocycles. The van der Waals surface area contributed by atoms with E-state index in [1.54, 1.807) is 6.92 Å². The van der Waals surface area contributed by atoms with Crippen molar-refractivity contribution in [1.29, 1.82) is 0 Å². The molecule has 0 radical (unpaired) electrons. The van der Waals surface area contributed by atoms with E-state index in [1.165, 1.54) is 30.0 Å². The van der Waals surface area contributed by atoms with Gasteiger partial charge in [0.25, 0.3) is 0 Å². The lowest BCUT2D eigenvalue weighted by Crippen LogP contribution is -2.52. The molecule has 1 saturated heterocycles. The number of sulfonamides is 1. The summed E-state index contributed by atoms with van der Waals surface area (Å²) in [5.41, 5.74) is 0. The van der Waals surface area contributed by atoms with Crippen LogP contribution in [0.15, 0.2) is 23.1 Å². The molecule has 28 heavy (non-hydrogen) atoms. The summed E-state index contributed by atoms with van der Waals surface area (Å²) >= 11 is 0. The van der Waals surface area contributed by atoms with Crippen LogP contribution in [0.2, 0.25) is 0 Å². The van der Waals surface area contributed by atoms with Crippen molar-refractivity contribution in [3.63, 3.8) is 0 Å². The quantitative estimate of drug-likeness (QED) is 0.678. The van der Waals surface area contributed by atoms with Crippen LogP contribution in [0.1, 0.15) is 6.92 Å². The molecule has 0 spiro atoms. The fourth-order valence-electron chi connectivity index (χ4n) is 2.75. The van der Waals surface area contributed by atoms with Gasteiger partial charge in [-0.3, -0.25) is 4.79 Å². The first-order valence-electron chi connectivity index (χ1n) is 8.70. The summed E-state index contributed by atoms with van der Waals surface area (Å²) in [5.74, 6) is -1.15. The Bertz CT molecular complexity index is 824. The van der Waals surface area contributed by atoms with Crippen molar-refractivity contribution in [3.05, 3.63) is 24.0 Å². The molecule has 1 aromatic carbocycles. The largest absolute Gasteiger partial charge is 0.495 e. The van der Waals surface area contributed by atoms with Gasteiger partial charge in [0.15, 0.2) is 0 Å². The van der Waals surface area contributed by atoms with E-state index in [1.807, 2.05) is 0 Å². The molecule has 0 N–H and O–H groups in total. The minimum Gasteiger partial charge on any atom is -0.495 e. The highest BCUT2D eigenvalue weighted by Crippen LogP contribution is 2.26. The van der Waals surface area contributed by atoms with Gasteiger partial charge >= 0.3 is 6.09 Å². The number of benzene rings is 1. The predicted molar refractivity (Wildman–Crippen MR) is 97.9 cm³/mol. The Morgan fingerprint density at radius 1 is 1.18 bits per heavy atom. The summed E-state index contributed by atoms with van der Waals surface area (Å²) in [6.07, 6.45) is -0.438. The fraction of sp³-hybridized carbons (Fsp3) is 0.529. The number of likely N-dealkylation sites (N-methyl/N-ethyl adjacent to an activating group) is 1. The molecule has 0 bridgehead atoms. The highest BCUT2D eigenvalue weighted by Gasteiger charge is 2.30. The molecule has 0 aliphatic carbocycles. The van der Waals surface area contributed by atoms with Gasteiger partial charge in [-0.15, -0.1) is 0 Å². The van der Waals surface area contributed by atoms with Crippen molar-refractivity contribution in [2.45, 2.75) is 11.8 Å². The molecular formula is C17H24FN3O6S. The molecule has 2 amide bonds. The molecular weight excluding hydrogens is 393 g/mol. The first-order valence-corrected chi connectivity index (χ1v) is 10.1. The second-order valence-corrected chi connectivity index (χ2v) is 8.14. The number of ether oxygens (including phenoxy) is 2. The Balaban J connectivity index is 2.03. The molecule has 156 valence electrons. The maximum Gasteiger partial charge on any atom is 0.409 e. The van der Waals surface area contributed by atoms with Crippen molar-refractivity contribution in [1.82, 2.24) is 14.1 Å². The third-order valence-corrected chi connectivity index (χ3v) is 6.15. The molecule has 1 aromatic rings. The van der Waals surface area contributed by atoms with E-state index in [0.717, 1.165) is 16.4 Å². The van der Waals surface area contributed by atoms with Gasteiger partial charge in [0.05, 0.1) is 20.3 Å². The number of carbonyl (C=O) groups is 2. The van der Waals surface area contributed by atoms with Crippen molar-refractivity contribution in [2.75, 3.05) is 53.5 Å². The summed E-state index contributed by atoms with van der Waals surface area (Å²) in [5, 5.41) is 0. The second-order valence-electron chi connectivity index (χ2n) is 6.12. The lowest BCUT2D eigenvalue weighted by Gasteiger charge is -2.34. The van der Waals surface area contributed by atoms with E-state index >= 15 is 0 Å². The number of amides is 2. The molecule has 0 saturated carbocycles. The summed E-state index contributed by atoms with van der Waals surface area (Å²) in [6, 6.07) is 3.16. The molecule has 1 fully saturated rings. The first kappa shape index (κ1) is 21.9. The Labute approximate surface area is 163 Å². The van der Waals surface area contributed by atoms with Gasteiger partial charge < -0.3 is 19.3 Å². The van der Waals surface area contributed by atoms with E-state index in [9.17, 15) is 22.4 Å². The minimum absolute atomic E-state index is 0.0104. The molecule has 0 aromatic heterocycles. The number of methoxy groups -OCH3 is 1. The van der Waals surface area contributed by atoms with Crippen molar-refractivity contribution in [3.8, 4) is 5.75 Å². The summed E-state index contributed by atoms with van der Waals surface area (Å²) in [7, 11) is -1.61. The number of hydrogen-bond acceptors (Lipinski definition) is 6. The smallest absolute Gasteiger partial charge is 0.409 e. The molecule has 1 aliphatic rings. The minimum atomic E-state index is -4.13. The molecule has 2 rings (SSSR count). The van der Waals surface area contributed by atoms with Gasteiger partial charge in [-0.05, 0) is 25.1 Å². The number of hydrogen-bond donors (Lipinski definition) is 0. The van der Waals surface area contributed by atoms with Crippen LogP contribution in [-0.4, -0.2) is 88.0 Å². The number of halogens is 1. The second kappa shape index (κ2) is 9.20. The van der Waals surface area contributed by atoms with E-state index in [2.05, 4.69) is 0 Å². The summed E-state index contributed by atoms with van der Waals surface area (Å²) in [4.78, 5) is 26.8. The average molecular weight is 417 g/mol. The average Bonchev–Trinajstić information content (AvgIpc) is 2.68. The van der Waals surface area contributed by atoms with Crippen LogP contribution in [0, 0.1) is 5.82 Å². The number of carbonyl (C=O) groups excluding carboxylic acids is 2. The van der Waals surface area contributed by atoms with Crippen molar-refractivity contribution in [2.24, 2.45) is 0 Å². The Hall–Kier alpha value is -2.40. The maximum absolute atomic E-state index is 13.5. The highest BCUT2D eigenvalue weighted by molar-refractivity contribution is 7.89. The van der Waals surface area contributed by atoms with Gasteiger partial charge in [0, 0.05) is 33.2 Å². The Kier molecular flexibility index (Phi) is 7.19. The normalized spacial score (nSPS) is 14.9. The van der Waals surface area contributed by atoms with E-state index in [0.29, 0.717) is 13.1 Å². The lowest BCUT2D eigenvalue weighted by molar-refractivity contribution is -0.132. The van der Waals surface area contributed by atoms with Crippen LogP contribution in [0.3, 0.4) is 0 Å². The molecule has 9 nitrogen and oxygen atoms in total. The van der Waals surface area contributed by atoms with E-state index in [-0.39, 0.29) is 30.3 Å². The lowest BCUT2D eigenvalue weighted by atomic mass is 10.3. The number of rotatable bonds is 6. The van der Waals surface area contributed by atoms with Crippen LogP contribution < -0.4 is 4.74 Å². The SMILES string of the molecule is CCOC(=O)N1CCN(C(=O)CN(C)S(=O)(=O)c2cc(F)ccc2OC)CC1. The zero-order valence-corrected chi connectivity index (χ0v) is 16.9. The fourth-order valence-corrected chi connectivity index (χ4v) is 4.03. The maximum atomic E-state index is 13.5. The Morgan fingerprint density at radius 2 is 1.79 bits per heavy atom. The van der Waals surface area contributed by atoms with Gasteiger partial charge in [0.2, 0.25) is 15.9 Å². The zero-order chi connectivity index (χ0) is 20.9. The molecule has 0 atom stereocenters. The van der Waals surface area contributed by atoms with Crippen LogP contribution in [0.5, 0.6) is 5.75 Å². The number of nitrogens with zero attached hydrogens (tertiary/aromatic N) is 3. The predicted octanol–water partition coefficient (Wildman–Crippen LogP) is 0.755. The first-order chi connectivity index (χ1) is 13.2. The molecule has 0 unspecified atom stereocenters. The number of piperazine rings is 1. The molecule has 1 aliphatic heterocycles. The van der Waals surface area contributed by atoms with Crippen LogP contribution >= 0.6 is 0 Å². The van der Waals surface area contributed by atoms with Gasteiger partial charge in [-0.2, -0.15) is 4.31 Å². The molecule has 11 heteroatoms. The van der Waals surface area contributed by atoms with Gasteiger partial charge in [-0.1, -0.05) is 0 Å². The van der Waals surface area contributed by atoms with Gasteiger partial charge in [-0.25, -0.2) is 17.6 Å². The zero-order valence-electron chi connectivity index (χ0n) is 16.1. The van der Waals surface area contributed by atoms with E-state index in [4.69, 9.17) is 9.47 Å². The van der Waals surface area contributed by atoms with Crippen LogP contribution in [0.4, 0.5) is 9.18 Å². The van der Waals surface area contributed by atoms with Crippen LogP contribution in [-0.2, 0) is 19.6 Å². The highest BCUT2D eigenvalue weighted by atomic mass is 32.2. The Morgan fingerprint density at radius 3 is 2.36 bits per heavy atom. The standard InChI is InChI=1S/C17H24FN3O6S/c1-4-27-17(23)21-9-7-20(8-10-21)16(22)12-19(2)28(24,25)15-11-13(18)5-6-14(15)26-3/h5-6,11H,4,7-10,12H2,1-3H3. The monoisotopic (exact) mass is 417 g/mol. The van der Waals surface area contributed by atoms with Gasteiger partial charge in [0.1, 0.15) is 16.5 Å². The van der Waals surface area contributed by atoms with Crippen LogP contribution in [0.25, 0.3) is 0 Å². The summed E-state index contributed by atoms with van der Waals surface area (Å²) in [6.45, 7) is 2.72. The van der Waals surface area contributed by atoms with Crippen molar-refractivity contribution < 1.29 is 31.9 Å². The van der Waals surface area contributed by atoms with E-state index < -0.39 is 34.4 Å². The third-order valence-electron chi connectivity index (χ3n) is 4.33. The summed E-state index contributed by atoms with van der Waals surface area (Å²) < 4.78 is 49.8. The van der Waals surface area contributed by atoms with Crippen molar-refractivity contribution >= 4 is 22.0 Å². The topological polar surface area (TPSA) is 96.5 Å².